The van der Waals surface area contributed by atoms with Crippen LogP contribution in [-0.2, 0) is 17.6 Å². The number of nitrogens with zero attached hydrogens (tertiary/aromatic N) is 1. The Labute approximate surface area is 150 Å². The first-order valence-electron chi connectivity index (χ1n) is 8.02. The first-order valence-corrected chi connectivity index (χ1v) is 9.22. The van der Waals surface area contributed by atoms with Crippen molar-refractivity contribution in [3.05, 3.63) is 50.9 Å². The average Bonchev–Trinajstić information content (AvgIpc) is 3.13. The van der Waals surface area contributed by atoms with Crippen molar-refractivity contribution in [1.29, 1.82) is 5.26 Å². The number of anilines is 1. The summed E-state index contributed by atoms with van der Waals surface area (Å²) in [7, 11) is 0. The lowest BCUT2D eigenvalue weighted by Crippen LogP contribution is -2.86. The number of benzene rings is 1. The Hall–Kier alpha value is -1.87. The third-order valence-electron chi connectivity index (χ3n) is 4.34. The van der Waals surface area contributed by atoms with Gasteiger partial charge >= 0.3 is 0 Å². The zero-order chi connectivity index (χ0) is 17.1. The van der Waals surface area contributed by atoms with Crippen LogP contribution in [0.1, 0.15) is 41.0 Å². The van der Waals surface area contributed by atoms with Gasteiger partial charge in [0.05, 0.1) is 5.56 Å². The Morgan fingerprint density at radius 1 is 1.46 bits per heavy atom. The van der Waals surface area contributed by atoms with E-state index >= 15 is 0 Å². The molecule has 6 heteroatoms. The number of fused-ring (bicyclic) bond motifs is 1. The Balaban J connectivity index is 1.61. The van der Waals surface area contributed by atoms with Crippen molar-refractivity contribution in [3.63, 3.8) is 0 Å². The molecule has 0 spiro atoms. The number of nitrogens with two attached hydrogens (primary N) is 1. The number of nitrogens with one attached hydrogen (secondary N) is 1. The lowest BCUT2D eigenvalue weighted by molar-refractivity contribution is -0.682. The van der Waals surface area contributed by atoms with E-state index in [1.165, 1.54) is 4.88 Å². The average molecular weight is 361 g/mol. The number of rotatable bonds is 5. The maximum atomic E-state index is 12.3. The van der Waals surface area contributed by atoms with E-state index in [1.54, 1.807) is 11.3 Å². The number of halogens is 1. The number of nitriles is 1. The predicted octanol–water partition coefficient (Wildman–Crippen LogP) is 3.02. The number of hydrogen-bond acceptors (Lipinski definition) is 3. The fourth-order valence-corrected chi connectivity index (χ4v) is 4.61. The second-order valence-electron chi connectivity index (χ2n) is 5.97. The Morgan fingerprint density at radius 2 is 2.25 bits per heavy atom. The van der Waals surface area contributed by atoms with E-state index in [0.717, 1.165) is 30.4 Å². The van der Waals surface area contributed by atoms with Crippen LogP contribution >= 0.6 is 22.9 Å². The van der Waals surface area contributed by atoms with Crippen LogP contribution in [0, 0.1) is 11.3 Å². The molecule has 1 aliphatic carbocycles. The highest BCUT2D eigenvalue weighted by molar-refractivity contribution is 7.16. The van der Waals surface area contributed by atoms with Crippen LogP contribution in [0.3, 0.4) is 0 Å². The molecule has 1 aliphatic rings. The molecule has 0 saturated heterocycles. The van der Waals surface area contributed by atoms with Crippen molar-refractivity contribution in [2.24, 2.45) is 0 Å². The first-order chi connectivity index (χ1) is 11.6. The molecule has 1 aromatic carbocycles. The predicted molar refractivity (Wildman–Crippen MR) is 96.3 cm³/mol. The maximum Gasteiger partial charge on any atom is 0.280 e. The second-order valence-corrected chi connectivity index (χ2v) is 7.48. The van der Waals surface area contributed by atoms with Crippen LogP contribution in [0.15, 0.2) is 24.3 Å². The molecule has 0 unspecified atom stereocenters. The minimum Gasteiger partial charge on any atom is -0.332 e. The van der Waals surface area contributed by atoms with Crippen LogP contribution in [0.5, 0.6) is 0 Å². The fraction of sp³-hybridized carbons (Fsp3) is 0.333. The molecule has 3 N–H and O–H groups in total. The van der Waals surface area contributed by atoms with Crippen molar-refractivity contribution < 1.29 is 10.1 Å². The van der Waals surface area contributed by atoms with Crippen molar-refractivity contribution in [1.82, 2.24) is 0 Å². The summed E-state index contributed by atoms with van der Waals surface area (Å²) in [6, 6.07) is 10.0. The molecule has 0 radical (unpaired) electrons. The van der Waals surface area contributed by atoms with Crippen LogP contribution in [0.25, 0.3) is 0 Å². The van der Waals surface area contributed by atoms with E-state index in [2.05, 4.69) is 11.4 Å². The third-order valence-corrected chi connectivity index (χ3v) is 5.89. The third kappa shape index (κ3) is 3.46. The molecule has 0 fully saturated rings. The number of aryl methyl sites for hydroxylation is 1. The smallest absolute Gasteiger partial charge is 0.280 e. The van der Waals surface area contributed by atoms with Gasteiger partial charge in [-0.2, -0.15) is 5.26 Å². The highest BCUT2D eigenvalue weighted by atomic mass is 35.5. The van der Waals surface area contributed by atoms with Gasteiger partial charge in [-0.15, -0.1) is 11.3 Å². The fourth-order valence-electron chi connectivity index (χ4n) is 3.04. The standard InChI is InChI=1S/C18H18ClN3OS/c1-11(12-5-2-3-7-15(12)19)21-10-17(23)22-18-14(9-20)13-6-4-8-16(13)24-18/h2-3,5,7,11,21H,4,6,8,10H2,1H3,(H,22,23)/p+1/t11-/m0/s1. The number of amides is 1. The van der Waals surface area contributed by atoms with Crippen LogP contribution in [-0.4, -0.2) is 12.5 Å². The second kappa shape index (κ2) is 7.35. The van der Waals surface area contributed by atoms with Gasteiger partial charge in [-0.25, -0.2) is 0 Å². The van der Waals surface area contributed by atoms with E-state index in [1.807, 2.05) is 36.5 Å². The van der Waals surface area contributed by atoms with Gasteiger partial charge in [0.1, 0.15) is 17.1 Å². The molecule has 3 rings (SSSR count). The summed E-state index contributed by atoms with van der Waals surface area (Å²) >= 11 is 7.74. The molecule has 1 amide bonds. The van der Waals surface area contributed by atoms with Gasteiger partial charge in [-0.1, -0.05) is 29.8 Å². The Bertz CT molecular complexity index is 809. The molecule has 0 saturated carbocycles. The van der Waals surface area contributed by atoms with Crippen molar-refractivity contribution in [2.75, 3.05) is 11.9 Å². The minimum absolute atomic E-state index is 0.0910. The summed E-state index contributed by atoms with van der Waals surface area (Å²) < 4.78 is 0. The van der Waals surface area contributed by atoms with Gasteiger partial charge in [0.25, 0.3) is 5.91 Å². The summed E-state index contributed by atoms with van der Waals surface area (Å²) in [5, 5.41) is 15.6. The summed E-state index contributed by atoms with van der Waals surface area (Å²) in [5.74, 6) is -0.0923. The molecule has 2 aromatic rings. The van der Waals surface area contributed by atoms with Gasteiger partial charge in [0.15, 0.2) is 6.54 Å². The number of carbonyl (C=O) groups excluding carboxylic acids is 1. The molecule has 0 bridgehead atoms. The van der Waals surface area contributed by atoms with Gasteiger partial charge in [-0.05, 0) is 37.8 Å². The number of thiophene rings is 1. The van der Waals surface area contributed by atoms with Crippen molar-refractivity contribution >= 4 is 33.8 Å². The van der Waals surface area contributed by atoms with Crippen LogP contribution in [0.2, 0.25) is 5.02 Å². The molecule has 24 heavy (non-hydrogen) atoms. The quantitative estimate of drug-likeness (QED) is 0.860. The number of hydrogen-bond donors (Lipinski definition) is 2. The summed E-state index contributed by atoms with van der Waals surface area (Å²) in [6.45, 7) is 2.31. The zero-order valence-corrected chi connectivity index (χ0v) is 15.0. The monoisotopic (exact) mass is 360 g/mol. The van der Waals surface area contributed by atoms with E-state index in [9.17, 15) is 10.1 Å². The molecule has 0 aliphatic heterocycles. The molecule has 1 atom stereocenters. The Morgan fingerprint density at radius 3 is 3.00 bits per heavy atom. The molecule has 4 nitrogen and oxygen atoms in total. The van der Waals surface area contributed by atoms with E-state index in [4.69, 9.17) is 11.6 Å². The number of carbonyl (C=O) groups is 1. The van der Waals surface area contributed by atoms with Gasteiger partial charge in [-0.3, -0.25) is 4.79 Å². The number of quaternary nitrogens is 1. The zero-order valence-electron chi connectivity index (χ0n) is 13.4. The summed E-state index contributed by atoms with van der Waals surface area (Å²) in [6.07, 6.45) is 3.06. The van der Waals surface area contributed by atoms with Crippen LogP contribution in [0.4, 0.5) is 5.00 Å². The highest BCUT2D eigenvalue weighted by Crippen LogP contribution is 2.38. The topological polar surface area (TPSA) is 69.5 Å². The maximum absolute atomic E-state index is 12.3. The molecule has 124 valence electrons. The molecule has 1 heterocycles. The lowest BCUT2D eigenvalue weighted by Gasteiger charge is -2.12. The molecular weight excluding hydrogens is 342 g/mol. The minimum atomic E-state index is -0.0923. The lowest BCUT2D eigenvalue weighted by atomic mass is 10.1. The Kier molecular flexibility index (Phi) is 5.20. The molecular formula is C18H19ClN3OS+. The van der Waals surface area contributed by atoms with Gasteiger partial charge in [0.2, 0.25) is 0 Å². The highest BCUT2D eigenvalue weighted by Gasteiger charge is 2.23. The SMILES string of the molecule is C[C@H]([NH2+]CC(=O)Nc1sc2c(c1C#N)CCC2)c1ccccc1Cl. The molecule has 1 aromatic heterocycles. The van der Waals surface area contributed by atoms with Crippen molar-refractivity contribution in [3.8, 4) is 6.07 Å². The summed E-state index contributed by atoms with van der Waals surface area (Å²) in [4.78, 5) is 13.5. The first kappa shape index (κ1) is 17.0. The summed E-state index contributed by atoms with van der Waals surface area (Å²) in [5.41, 5.74) is 2.80. The van der Waals surface area contributed by atoms with Gasteiger partial charge < -0.3 is 10.6 Å². The largest absolute Gasteiger partial charge is 0.332 e. The van der Waals surface area contributed by atoms with E-state index in [0.29, 0.717) is 22.1 Å². The van der Waals surface area contributed by atoms with E-state index < -0.39 is 0 Å². The van der Waals surface area contributed by atoms with E-state index in [-0.39, 0.29) is 11.9 Å². The van der Waals surface area contributed by atoms with Gasteiger partial charge in [0, 0.05) is 15.5 Å². The van der Waals surface area contributed by atoms with Crippen LogP contribution < -0.4 is 10.6 Å². The van der Waals surface area contributed by atoms with Crippen molar-refractivity contribution in [2.45, 2.75) is 32.2 Å². The normalized spacial score (nSPS) is 14.0.